The molecule has 86 valence electrons. The van der Waals surface area contributed by atoms with E-state index in [0.717, 1.165) is 25.7 Å². The molecule has 0 aromatic heterocycles. The summed E-state index contributed by atoms with van der Waals surface area (Å²) >= 11 is 0. The lowest BCUT2D eigenvalue weighted by molar-refractivity contribution is 0.131. The van der Waals surface area contributed by atoms with Gasteiger partial charge in [-0.1, -0.05) is 26.7 Å². The molecule has 0 saturated heterocycles. The van der Waals surface area contributed by atoms with Crippen LogP contribution in [-0.2, 0) is 4.74 Å². The predicted molar refractivity (Wildman–Crippen MR) is 62.7 cm³/mol. The highest BCUT2D eigenvalue weighted by Gasteiger charge is 2.04. The first-order valence-corrected chi connectivity index (χ1v) is 6.13. The first-order chi connectivity index (χ1) is 6.85. The van der Waals surface area contributed by atoms with Crippen molar-refractivity contribution in [2.75, 3.05) is 26.3 Å². The van der Waals surface area contributed by atoms with E-state index in [9.17, 15) is 0 Å². The van der Waals surface area contributed by atoms with Crippen LogP contribution in [0.1, 0.15) is 46.5 Å². The van der Waals surface area contributed by atoms with Crippen molar-refractivity contribution in [2.24, 2.45) is 5.92 Å². The minimum atomic E-state index is 0.790. The third-order valence-corrected chi connectivity index (χ3v) is 2.59. The van der Waals surface area contributed by atoms with E-state index in [1.807, 2.05) is 0 Å². The Hall–Kier alpha value is -0.0800. The monoisotopic (exact) mass is 201 g/mol. The van der Waals surface area contributed by atoms with Gasteiger partial charge in [-0.15, -0.1) is 0 Å². The van der Waals surface area contributed by atoms with Crippen LogP contribution in [0.25, 0.3) is 0 Å². The molecule has 2 nitrogen and oxygen atoms in total. The number of ether oxygens (including phenoxy) is 1. The van der Waals surface area contributed by atoms with Crippen molar-refractivity contribution in [3.63, 3.8) is 0 Å². The smallest absolute Gasteiger partial charge is 0.0469 e. The summed E-state index contributed by atoms with van der Waals surface area (Å²) in [7, 11) is 0. The third kappa shape index (κ3) is 8.52. The number of nitrogens with one attached hydrogen (secondary N) is 1. The van der Waals surface area contributed by atoms with E-state index >= 15 is 0 Å². The summed E-state index contributed by atoms with van der Waals surface area (Å²) in [5.74, 6) is 0.790. The van der Waals surface area contributed by atoms with Gasteiger partial charge in [-0.2, -0.15) is 0 Å². The molecule has 1 atom stereocenters. The molecule has 0 aromatic rings. The molecular formula is C12H27NO. The van der Waals surface area contributed by atoms with Gasteiger partial charge in [-0.3, -0.25) is 0 Å². The fraction of sp³-hybridized carbons (Fsp3) is 1.00. The van der Waals surface area contributed by atoms with E-state index in [1.54, 1.807) is 0 Å². The summed E-state index contributed by atoms with van der Waals surface area (Å²) in [6.07, 6.45) is 5.03. The van der Waals surface area contributed by atoms with E-state index in [0.29, 0.717) is 0 Å². The average molecular weight is 201 g/mol. The molecular weight excluding hydrogens is 174 g/mol. The van der Waals surface area contributed by atoms with Crippen LogP contribution in [0.15, 0.2) is 0 Å². The van der Waals surface area contributed by atoms with Gasteiger partial charge in [0.05, 0.1) is 0 Å². The van der Waals surface area contributed by atoms with Crippen molar-refractivity contribution in [2.45, 2.75) is 46.5 Å². The highest BCUT2D eigenvalue weighted by atomic mass is 16.5. The second-order valence-electron chi connectivity index (χ2n) is 3.82. The number of rotatable bonds is 10. The highest BCUT2D eigenvalue weighted by Crippen LogP contribution is 2.06. The quantitative estimate of drug-likeness (QED) is 0.549. The van der Waals surface area contributed by atoms with Gasteiger partial charge in [0.25, 0.3) is 0 Å². The number of hydrogen-bond donors (Lipinski definition) is 1. The fourth-order valence-electron chi connectivity index (χ4n) is 1.45. The molecule has 0 radical (unpaired) electrons. The SMILES string of the molecule is CCCCNC[C@H](CC)CCOCC. The summed E-state index contributed by atoms with van der Waals surface area (Å²) < 4.78 is 5.37. The van der Waals surface area contributed by atoms with Crippen LogP contribution in [0.2, 0.25) is 0 Å². The minimum Gasteiger partial charge on any atom is -0.382 e. The van der Waals surface area contributed by atoms with Crippen molar-refractivity contribution in [1.29, 1.82) is 0 Å². The fourth-order valence-corrected chi connectivity index (χ4v) is 1.45. The summed E-state index contributed by atoms with van der Waals surface area (Å²) in [5.41, 5.74) is 0. The Morgan fingerprint density at radius 2 is 2.00 bits per heavy atom. The molecule has 2 heteroatoms. The van der Waals surface area contributed by atoms with Crippen LogP contribution >= 0.6 is 0 Å². The summed E-state index contributed by atoms with van der Waals surface area (Å²) in [4.78, 5) is 0. The van der Waals surface area contributed by atoms with Crippen molar-refractivity contribution in [3.8, 4) is 0 Å². The molecule has 0 rings (SSSR count). The predicted octanol–water partition coefficient (Wildman–Crippen LogP) is 2.83. The maximum atomic E-state index is 5.37. The van der Waals surface area contributed by atoms with Crippen LogP contribution in [0.3, 0.4) is 0 Å². The van der Waals surface area contributed by atoms with E-state index in [2.05, 4.69) is 26.1 Å². The van der Waals surface area contributed by atoms with Crippen molar-refractivity contribution < 1.29 is 4.74 Å². The van der Waals surface area contributed by atoms with E-state index in [1.165, 1.54) is 32.2 Å². The topological polar surface area (TPSA) is 21.3 Å². The summed E-state index contributed by atoms with van der Waals surface area (Å²) in [5, 5.41) is 3.51. The molecule has 0 heterocycles. The Morgan fingerprint density at radius 3 is 2.57 bits per heavy atom. The summed E-state index contributed by atoms with van der Waals surface area (Å²) in [6, 6.07) is 0. The van der Waals surface area contributed by atoms with E-state index in [-0.39, 0.29) is 0 Å². The first kappa shape index (κ1) is 13.9. The highest BCUT2D eigenvalue weighted by molar-refractivity contribution is 4.60. The molecule has 0 saturated carbocycles. The van der Waals surface area contributed by atoms with Crippen LogP contribution < -0.4 is 5.32 Å². The number of unbranched alkanes of at least 4 members (excludes halogenated alkanes) is 1. The van der Waals surface area contributed by atoms with Gasteiger partial charge in [0.15, 0.2) is 0 Å². The Kier molecular flexibility index (Phi) is 10.9. The Balaban J connectivity index is 3.28. The average Bonchev–Trinajstić information content (AvgIpc) is 2.22. The molecule has 1 N–H and O–H groups in total. The normalized spacial score (nSPS) is 13.1. The van der Waals surface area contributed by atoms with Gasteiger partial charge in [0.2, 0.25) is 0 Å². The molecule has 0 amide bonds. The number of hydrogen-bond acceptors (Lipinski definition) is 2. The third-order valence-electron chi connectivity index (χ3n) is 2.59. The molecule has 0 aliphatic carbocycles. The Labute approximate surface area is 89.4 Å². The standard InChI is InChI=1S/C12H27NO/c1-4-7-9-13-11-12(5-2)8-10-14-6-3/h12-13H,4-11H2,1-3H3/t12-/m1/s1. The van der Waals surface area contributed by atoms with Gasteiger partial charge in [0, 0.05) is 13.2 Å². The van der Waals surface area contributed by atoms with E-state index in [4.69, 9.17) is 4.74 Å². The Morgan fingerprint density at radius 1 is 1.21 bits per heavy atom. The van der Waals surface area contributed by atoms with Crippen LogP contribution in [0.5, 0.6) is 0 Å². The lowest BCUT2D eigenvalue weighted by Gasteiger charge is -2.15. The van der Waals surface area contributed by atoms with Crippen LogP contribution in [-0.4, -0.2) is 26.3 Å². The molecule has 0 aliphatic heterocycles. The molecule has 14 heavy (non-hydrogen) atoms. The summed E-state index contributed by atoms with van der Waals surface area (Å²) in [6.45, 7) is 10.6. The van der Waals surface area contributed by atoms with Gasteiger partial charge >= 0.3 is 0 Å². The second-order valence-corrected chi connectivity index (χ2v) is 3.82. The molecule has 0 aromatic carbocycles. The first-order valence-electron chi connectivity index (χ1n) is 6.13. The zero-order valence-corrected chi connectivity index (χ0v) is 10.1. The van der Waals surface area contributed by atoms with Crippen LogP contribution in [0.4, 0.5) is 0 Å². The van der Waals surface area contributed by atoms with Gasteiger partial charge in [-0.25, -0.2) is 0 Å². The van der Waals surface area contributed by atoms with Crippen molar-refractivity contribution >= 4 is 0 Å². The zero-order valence-electron chi connectivity index (χ0n) is 10.1. The van der Waals surface area contributed by atoms with E-state index < -0.39 is 0 Å². The maximum absolute atomic E-state index is 5.37. The zero-order chi connectivity index (χ0) is 10.6. The van der Waals surface area contributed by atoms with Gasteiger partial charge in [0.1, 0.15) is 0 Å². The second kappa shape index (κ2) is 11.0. The molecule has 0 bridgehead atoms. The molecule has 0 fully saturated rings. The molecule has 0 aliphatic rings. The van der Waals surface area contributed by atoms with Crippen LogP contribution in [0, 0.1) is 5.92 Å². The maximum Gasteiger partial charge on any atom is 0.0469 e. The largest absolute Gasteiger partial charge is 0.382 e. The minimum absolute atomic E-state index is 0.790. The van der Waals surface area contributed by atoms with Gasteiger partial charge in [-0.05, 0) is 38.8 Å². The Bertz CT molecular complexity index is 106. The lowest BCUT2D eigenvalue weighted by atomic mass is 10.0. The lowest BCUT2D eigenvalue weighted by Crippen LogP contribution is -2.24. The molecule has 0 unspecified atom stereocenters. The van der Waals surface area contributed by atoms with Crippen molar-refractivity contribution in [1.82, 2.24) is 5.32 Å². The van der Waals surface area contributed by atoms with Gasteiger partial charge < -0.3 is 10.1 Å². The van der Waals surface area contributed by atoms with Crippen molar-refractivity contribution in [3.05, 3.63) is 0 Å². The molecule has 0 spiro atoms.